The van der Waals surface area contributed by atoms with Crippen LogP contribution in [0.1, 0.15) is 106 Å². The molecule has 0 amide bonds. The molecule has 0 saturated heterocycles. The number of carboxylic acid groups (broad SMARTS) is 2. The Balaban J connectivity index is 1.21. The second kappa shape index (κ2) is 15.0. The molecular formula is C40H49ClN2O6. The number of hydrogen-bond acceptors (Lipinski definition) is 6. The molecule has 3 aromatic rings. The van der Waals surface area contributed by atoms with Crippen LogP contribution in [-0.2, 0) is 27.8 Å². The predicted molar refractivity (Wildman–Crippen MR) is 191 cm³/mol. The summed E-state index contributed by atoms with van der Waals surface area (Å²) in [7, 11) is 0. The van der Waals surface area contributed by atoms with Crippen molar-refractivity contribution in [2.24, 2.45) is 11.8 Å². The number of carboxylic acids is 2. The average molecular weight is 689 g/mol. The van der Waals surface area contributed by atoms with Crippen LogP contribution in [0.3, 0.4) is 0 Å². The minimum atomic E-state index is -1.09. The van der Waals surface area contributed by atoms with Gasteiger partial charge >= 0.3 is 11.9 Å². The van der Waals surface area contributed by atoms with E-state index in [2.05, 4.69) is 36.3 Å². The molecule has 2 aromatic carbocycles. The molecule has 3 N–H and O–H groups in total. The summed E-state index contributed by atoms with van der Waals surface area (Å²) < 4.78 is 12.7. The molecule has 1 saturated carbocycles. The molecule has 1 unspecified atom stereocenters. The number of rotatable bonds is 14. The summed E-state index contributed by atoms with van der Waals surface area (Å²) in [6.07, 6.45) is 10.9. The van der Waals surface area contributed by atoms with E-state index in [-0.39, 0.29) is 11.8 Å². The lowest BCUT2D eigenvalue weighted by molar-refractivity contribution is -0.144. The van der Waals surface area contributed by atoms with E-state index in [0.29, 0.717) is 67.4 Å². The normalized spacial score (nSPS) is 24.9. The molecule has 6 rings (SSSR count). The number of aliphatic carboxylic acids is 2. The van der Waals surface area contributed by atoms with Crippen LogP contribution in [0, 0.1) is 11.8 Å². The van der Waals surface area contributed by atoms with Gasteiger partial charge in [-0.05, 0) is 141 Å². The highest BCUT2D eigenvalue weighted by Gasteiger charge is 2.54. The number of benzene rings is 2. The van der Waals surface area contributed by atoms with E-state index >= 15 is 0 Å². The number of nitrogens with one attached hydrogen (secondary N) is 1. The molecule has 1 aromatic heterocycles. The highest BCUT2D eigenvalue weighted by Crippen LogP contribution is 2.56. The van der Waals surface area contributed by atoms with E-state index in [1.54, 1.807) is 12.1 Å². The molecule has 0 radical (unpaired) electrons. The van der Waals surface area contributed by atoms with Crippen molar-refractivity contribution < 1.29 is 29.3 Å². The first-order chi connectivity index (χ1) is 23.6. The summed E-state index contributed by atoms with van der Waals surface area (Å²) in [4.78, 5) is 28.5. The van der Waals surface area contributed by atoms with Gasteiger partial charge < -0.3 is 25.0 Å². The molecule has 3 aliphatic rings. The van der Waals surface area contributed by atoms with Crippen molar-refractivity contribution in [2.45, 2.75) is 108 Å². The second-order valence-electron chi connectivity index (χ2n) is 14.7. The summed E-state index contributed by atoms with van der Waals surface area (Å²) in [5, 5.41) is 23.5. The zero-order chi connectivity index (χ0) is 34.6. The number of ether oxygens (including phenoxy) is 2. The Morgan fingerprint density at radius 2 is 1.88 bits per heavy atom. The monoisotopic (exact) mass is 688 g/mol. The van der Waals surface area contributed by atoms with Crippen LogP contribution in [0.15, 0.2) is 54.7 Å². The van der Waals surface area contributed by atoms with E-state index in [1.165, 1.54) is 28.8 Å². The van der Waals surface area contributed by atoms with Crippen LogP contribution >= 0.6 is 11.6 Å². The number of pyridine rings is 1. The number of halogens is 1. The van der Waals surface area contributed by atoms with Gasteiger partial charge in [0.1, 0.15) is 17.0 Å². The van der Waals surface area contributed by atoms with Gasteiger partial charge in [0.15, 0.2) is 0 Å². The Hall–Kier alpha value is -3.78. The lowest BCUT2D eigenvalue weighted by Gasteiger charge is -2.47. The Labute approximate surface area is 294 Å². The first-order valence-corrected chi connectivity index (χ1v) is 18.3. The largest absolute Gasteiger partial charge is 0.494 e. The van der Waals surface area contributed by atoms with Crippen molar-refractivity contribution in [2.75, 3.05) is 18.5 Å². The molecule has 1 heterocycles. The molecular weight excluding hydrogens is 640 g/mol. The van der Waals surface area contributed by atoms with Gasteiger partial charge in [0, 0.05) is 34.6 Å². The fraction of sp³-hybridized carbons (Fsp3) is 0.525. The van der Waals surface area contributed by atoms with Crippen molar-refractivity contribution in [1.82, 2.24) is 4.98 Å². The van der Waals surface area contributed by atoms with E-state index in [4.69, 9.17) is 26.2 Å². The minimum absolute atomic E-state index is 0.136. The molecule has 1 fully saturated rings. The standard InChI is InChI=1S/C40H49ClN2O6/c1-26(25-49-35-14-19-42-34-10-5-7-27(2)37(34)35)21-29-22-28-12-13-32(48-20-4-3-11-36(44)45)24-33(28)39(29)15-17-40(18-16-39,38(46)47)43-31-9-6-8-30(41)23-31/h6,8-9,12-14,19,23-24,26-27,29,43H,3-5,7,10-11,15-18,20-22,25H2,1-2H3,(H,44,45)(H,46,47)/t26-,27-,29?,39?,40?/m1/s1. The first kappa shape index (κ1) is 35.1. The van der Waals surface area contributed by atoms with Gasteiger partial charge in [-0.15, -0.1) is 0 Å². The zero-order valence-corrected chi connectivity index (χ0v) is 29.4. The first-order valence-electron chi connectivity index (χ1n) is 17.9. The van der Waals surface area contributed by atoms with Crippen LogP contribution in [0.4, 0.5) is 5.69 Å². The maximum Gasteiger partial charge on any atom is 0.329 e. The summed E-state index contributed by atoms with van der Waals surface area (Å²) in [6.45, 7) is 5.61. The number of hydrogen-bond donors (Lipinski definition) is 3. The average Bonchev–Trinajstić information content (AvgIpc) is 3.36. The summed E-state index contributed by atoms with van der Waals surface area (Å²) in [5.74, 6) is 1.19. The fourth-order valence-electron chi connectivity index (χ4n) is 8.73. The maximum atomic E-state index is 12.9. The van der Waals surface area contributed by atoms with Crippen LogP contribution in [-0.4, -0.2) is 45.9 Å². The minimum Gasteiger partial charge on any atom is -0.494 e. The number of aryl methyl sites for hydroxylation is 1. The Morgan fingerprint density at radius 3 is 2.63 bits per heavy atom. The SMILES string of the molecule is C[C@@H](COc1ccnc2c1[C@H](C)CCC2)CC1Cc2ccc(OCCCCC(=O)O)cc2C12CCC(Nc1cccc(Cl)c1)(C(=O)O)CC2. The molecule has 9 heteroatoms. The van der Waals surface area contributed by atoms with Crippen LogP contribution in [0.5, 0.6) is 11.5 Å². The van der Waals surface area contributed by atoms with E-state index in [0.717, 1.165) is 50.0 Å². The molecule has 49 heavy (non-hydrogen) atoms. The van der Waals surface area contributed by atoms with E-state index < -0.39 is 17.5 Å². The van der Waals surface area contributed by atoms with Crippen molar-refractivity contribution >= 4 is 29.2 Å². The highest BCUT2D eigenvalue weighted by molar-refractivity contribution is 6.30. The summed E-state index contributed by atoms with van der Waals surface area (Å²) >= 11 is 6.26. The van der Waals surface area contributed by atoms with E-state index in [9.17, 15) is 14.7 Å². The lowest BCUT2D eigenvalue weighted by Crippen LogP contribution is -2.53. The van der Waals surface area contributed by atoms with Gasteiger partial charge in [0.05, 0.1) is 13.2 Å². The van der Waals surface area contributed by atoms with Gasteiger partial charge in [0.2, 0.25) is 0 Å². The molecule has 0 aliphatic heterocycles. The highest BCUT2D eigenvalue weighted by atomic mass is 35.5. The molecule has 3 atom stereocenters. The van der Waals surface area contributed by atoms with Crippen LogP contribution in [0.25, 0.3) is 0 Å². The van der Waals surface area contributed by atoms with E-state index in [1.807, 2.05) is 30.5 Å². The number of fused-ring (bicyclic) bond motifs is 3. The number of nitrogens with zero attached hydrogens (tertiary/aromatic N) is 1. The molecule has 0 bridgehead atoms. The van der Waals surface area contributed by atoms with Crippen molar-refractivity contribution in [1.29, 1.82) is 0 Å². The third-order valence-electron chi connectivity index (χ3n) is 11.3. The fourth-order valence-corrected chi connectivity index (χ4v) is 8.93. The van der Waals surface area contributed by atoms with Crippen LogP contribution in [0.2, 0.25) is 5.02 Å². The van der Waals surface area contributed by atoms with Crippen molar-refractivity contribution in [3.63, 3.8) is 0 Å². The van der Waals surface area contributed by atoms with Crippen LogP contribution < -0.4 is 14.8 Å². The molecule has 1 spiro atoms. The molecule has 3 aliphatic carbocycles. The number of aromatic nitrogens is 1. The quantitative estimate of drug-likeness (QED) is 0.144. The Bertz CT molecular complexity index is 1650. The lowest BCUT2D eigenvalue weighted by atomic mass is 9.59. The summed E-state index contributed by atoms with van der Waals surface area (Å²) in [6, 6.07) is 15.7. The third kappa shape index (κ3) is 7.69. The van der Waals surface area contributed by atoms with Gasteiger partial charge in [0.25, 0.3) is 0 Å². The third-order valence-corrected chi connectivity index (χ3v) is 11.6. The van der Waals surface area contributed by atoms with Gasteiger partial charge in [-0.2, -0.15) is 0 Å². The topological polar surface area (TPSA) is 118 Å². The van der Waals surface area contributed by atoms with Gasteiger partial charge in [-0.1, -0.05) is 37.6 Å². The zero-order valence-electron chi connectivity index (χ0n) is 28.7. The smallest absolute Gasteiger partial charge is 0.329 e. The number of anilines is 1. The van der Waals surface area contributed by atoms with Crippen molar-refractivity contribution in [3.05, 3.63) is 82.1 Å². The number of carbonyl (C=O) groups is 2. The molecule has 8 nitrogen and oxygen atoms in total. The maximum absolute atomic E-state index is 12.9. The Kier molecular flexibility index (Phi) is 10.7. The second-order valence-corrected chi connectivity index (χ2v) is 15.1. The van der Waals surface area contributed by atoms with Gasteiger partial charge in [-0.3, -0.25) is 9.78 Å². The predicted octanol–water partition coefficient (Wildman–Crippen LogP) is 8.83. The number of unbranched alkanes of at least 4 members (excludes halogenated alkanes) is 1. The molecule has 262 valence electrons. The Morgan fingerprint density at radius 1 is 1.06 bits per heavy atom. The summed E-state index contributed by atoms with van der Waals surface area (Å²) in [5.41, 5.74) is 4.45. The van der Waals surface area contributed by atoms with Crippen molar-refractivity contribution in [3.8, 4) is 11.5 Å². The van der Waals surface area contributed by atoms with Gasteiger partial charge in [-0.25, -0.2) is 4.79 Å².